The second-order valence-electron chi connectivity index (χ2n) is 9.08. The van der Waals surface area contributed by atoms with Gasteiger partial charge in [0.25, 0.3) is 5.91 Å². The topological polar surface area (TPSA) is 76.7 Å². The first-order valence-electron chi connectivity index (χ1n) is 12.0. The van der Waals surface area contributed by atoms with Crippen LogP contribution in [0.15, 0.2) is 60.7 Å². The van der Waals surface area contributed by atoms with Crippen LogP contribution in [0.3, 0.4) is 0 Å². The van der Waals surface area contributed by atoms with Crippen LogP contribution in [0.1, 0.15) is 32.6 Å². The van der Waals surface area contributed by atoms with Crippen molar-refractivity contribution in [2.24, 2.45) is 0 Å². The molecule has 0 saturated carbocycles. The van der Waals surface area contributed by atoms with E-state index >= 15 is 0 Å². The van der Waals surface area contributed by atoms with Crippen LogP contribution in [0.4, 0.5) is 14.9 Å². The molecular weight excluding hydrogens is 578 g/mol. The highest BCUT2D eigenvalue weighted by molar-refractivity contribution is 6.35. The molecule has 0 spiro atoms. The molecule has 40 heavy (non-hydrogen) atoms. The van der Waals surface area contributed by atoms with Gasteiger partial charge in [-0.25, -0.2) is 9.18 Å². The van der Waals surface area contributed by atoms with Crippen LogP contribution < -0.4 is 20.1 Å². The SMILES string of the molecule is Cc1ccc(Oc2ccc(Oc3c(C)cc(NC(=O)NC(=O)c4c(F)cccc4Cl)c(C)c3Cl)c(Cl)c2)c(C)c1. The molecule has 0 heterocycles. The fourth-order valence-electron chi connectivity index (χ4n) is 3.92. The molecule has 0 aliphatic carbocycles. The summed E-state index contributed by atoms with van der Waals surface area (Å²) < 4.78 is 26.0. The Labute approximate surface area is 246 Å². The van der Waals surface area contributed by atoms with Crippen molar-refractivity contribution in [3.8, 4) is 23.0 Å². The molecule has 0 aromatic heterocycles. The molecule has 2 N–H and O–H groups in total. The Kier molecular flexibility index (Phi) is 8.88. The number of urea groups is 1. The number of carbonyl (C=O) groups excluding carboxylic acids is 2. The van der Waals surface area contributed by atoms with Gasteiger partial charge < -0.3 is 14.8 Å². The number of halogens is 4. The average Bonchev–Trinajstić information content (AvgIpc) is 2.87. The van der Waals surface area contributed by atoms with Crippen LogP contribution in [0.2, 0.25) is 15.1 Å². The van der Waals surface area contributed by atoms with E-state index < -0.39 is 23.3 Å². The maximum atomic E-state index is 14.0. The van der Waals surface area contributed by atoms with Crippen LogP contribution >= 0.6 is 34.8 Å². The summed E-state index contributed by atoms with van der Waals surface area (Å²) in [7, 11) is 0. The van der Waals surface area contributed by atoms with Crippen LogP contribution in [0, 0.1) is 33.5 Å². The fourth-order valence-corrected chi connectivity index (χ4v) is 4.67. The first-order chi connectivity index (χ1) is 18.9. The molecule has 3 amide bonds. The average molecular weight is 602 g/mol. The molecular formula is C30H24Cl3FN2O4. The minimum absolute atomic E-state index is 0.120. The normalized spacial score (nSPS) is 10.7. The van der Waals surface area contributed by atoms with Crippen LogP contribution in [-0.4, -0.2) is 11.9 Å². The van der Waals surface area contributed by atoms with Gasteiger partial charge in [-0.05, 0) is 80.8 Å². The highest BCUT2D eigenvalue weighted by atomic mass is 35.5. The Morgan fingerprint density at radius 3 is 2.20 bits per heavy atom. The molecule has 0 bridgehead atoms. The third-order valence-corrected chi connectivity index (χ3v) is 7.06. The quantitative estimate of drug-likeness (QED) is 0.231. The monoisotopic (exact) mass is 600 g/mol. The van der Waals surface area contributed by atoms with Crippen molar-refractivity contribution in [1.29, 1.82) is 0 Å². The van der Waals surface area contributed by atoms with Gasteiger partial charge in [-0.2, -0.15) is 0 Å². The van der Waals surface area contributed by atoms with Gasteiger partial charge in [0.05, 0.1) is 20.6 Å². The largest absolute Gasteiger partial charge is 0.457 e. The number of anilines is 1. The predicted octanol–water partition coefficient (Wildman–Crippen LogP) is 9.57. The molecule has 0 atom stereocenters. The smallest absolute Gasteiger partial charge is 0.326 e. The predicted molar refractivity (Wildman–Crippen MR) is 156 cm³/mol. The number of imide groups is 1. The molecule has 4 rings (SSSR count). The fraction of sp³-hybridized carbons (Fsp3) is 0.133. The summed E-state index contributed by atoms with van der Waals surface area (Å²) in [5.74, 6) is 0.114. The van der Waals surface area contributed by atoms with Crippen molar-refractivity contribution in [1.82, 2.24) is 5.32 Å². The maximum Gasteiger partial charge on any atom is 0.326 e. The second-order valence-corrected chi connectivity index (χ2v) is 10.3. The maximum absolute atomic E-state index is 14.0. The minimum Gasteiger partial charge on any atom is -0.457 e. The van der Waals surface area contributed by atoms with Gasteiger partial charge >= 0.3 is 6.03 Å². The third kappa shape index (κ3) is 6.50. The molecule has 0 unspecified atom stereocenters. The van der Waals surface area contributed by atoms with E-state index in [1.807, 2.05) is 32.0 Å². The van der Waals surface area contributed by atoms with E-state index in [-0.39, 0.29) is 10.0 Å². The molecule has 6 nitrogen and oxygen atoms in total. The number of carbonyl (C=O) groups is 2. The molecule has 0 aliphatic heterocycles. The zero-order valence-electron chi connectivity index (χ0n) is 21.9. The molecule has 0 aliphatic rings. The van der Waals surface area contributed by atoms with Crippen molar-refractivity contribution in [3.05, 3.63) is 109 Å². The van der Waals surface area contributed by atoms with Gasteiger partial charge in [0.1, 0.15) is 28.8 Å². The van der Waals surface area contributed by atoms with Crippen molar-refractivity contribution in [3.63, 3.8) is 0 Å². The van der Waals surface area contributed by atoms with Crippen molar-refractivity contribution >= 4 is 52.4 Å². The number of nitrogens with one attached hydrogen (secondary N) is 2. The van der Waals surface area contributed by atoms with E-state index in [1.165, 1.54) is 12.1 Å². The van der Waals surface area contributed by atoms with E-state index in [0.717, 1.165) is 22.9 Å². The summed E-state index contributed by atoms with van der Waals surface area (Å²) in [4.78, 5) is 24.9. The lowest BCUT2D eigenvalue weighted by molar-refractivity contribution is 0.0963. The molecule has 0 fully saturated rings. The number of ether oxygens (including phenoxy) is 2. The standard InChI is InChI=1S/C30H24Cl3FN2O4/c1-15-8-10-24(16(2)12-15)39-19-9-11-25(21(32)14-19)40-28-17(3)13-23(18(4)27(28)33)35-30(38)36-29(37)26-20(31)6-5-7-22(26)34/h5-14H,1-4H3,(H2,35,36,37,38). The van der Waals surface area contributed by atoms with Gasteiger partial charge in [-0.1, -0.05) is 58.6 Å². The summed E-state index contributed by atoms with van der Waals surface area (Å²) in [6.45, 7) is 7.38. The van der Waals surface area contributed by atoms with Crippen LogP contribution in [-0.2, 0) is 0 Å². The Hall–Kier alpha value is -3.78. The number of rotatable bonds is 6. The van der Waals surface area contributed by atoms with E-state index in [2.05, 4.69) is 10.6 Å². The molecule has 0 radical (unpaired) electrons. The van der Waals surface area contributed by atoms with Gasteiger partial charge in [-0.3, -0.25) is 10.1 Å². The first-order valence-corrected chi connectivity index (χ1v) is 13.2. The van der Waals surface area contributed by atoms with E-state index in [4.69, 9.17) is 44.3 Å². The van der Waals surface area contributed by atoms with Crippen LogP contribution in [0.25, 0.3) is 0 Å². The van der Waals surface area contributed by atoms with Crippen molar-refractivity contribution in [2.45, 2.75) is 27.7 Å². The van der Waals surface area contributed by atoms with E-state index in [9.17, 15) is 14.0 Å². The van der Waals surface area contributed by atoms with E-state index in [0.29, 0.717) is 39.1 Å². The minimum atomic E-state index is -0.986. The van der Waals surface area contributed by atoms with Gasteiger partial charge in [0.15, 0.2) is 0 Å². The first kappa shape index (κ1) is 29.2. The van der Waals surface area contributed by atoms with E-state index in [1.54, 1.807) is 38.1 Å². The van der Waals surface area contributed by atoms with Crippen LogP contribution in [0.5, 0.6) is 23.0 Å². The highest BCUT2D eigenvalue weighted by Crippen LogP contribution is 2.42. The van der Waals surface area contributed by atoms with Gasteiger partial charge in [0.2, 0.25) is 0 Å². The zero-order valence-corrected chi connectivity index (χ0v) is 24.2. The summed E-state index contributed by atoms with van der Waals surface area (Å²) in [6.07, 6.45) is 0. The Morgan fingerprint density at radius 2 is 1.52 bits per heavy atom. The summed E-state index contributed by atoms with van der Waals surface area (Å²) in [6, 6.07) is 15.5. The summed E-state index contributed by atoms with van der Waals surface area (Å²) in [5.41, 5.74) is 3.08. The molecule has 10 heteroatoms. The Morgan fingerprint density at radius 1 is 0.800 bits per heavy atom. The third-order valence-electron chi connectivity index (χ3n) is 5.99. The number of benzene rings is 4. The van der Waals surface area contributed by atoms with Gasteiger partial charge in [0, 0.05) is 11.8 Å². The second kappa shape index (κ2) is 12.2. The summed E-state index contributed by atoms with van der Waals surface area (Å²) >= 11 is 19.0. The lowest BCUT2D eigenvalue weighted by Gasteiger charge is -2.18. The summed E-state index contributed by atoms with van der Waals surface area (Å²) in [5, 5.41) is 5.03. The molecule has 4 aromatic rings. The zero-order chi connectivity index (χ0) is 29.1. The van der Waals surface area contributed by atoms with Crippen molar-refractivity contribution < 1.29 is 23.5 Å². The van der Waals surface area contributed by atoms with Crippen molar-refractivity contribution in [2.75, 3.05) is 5.32 Å². The Balaban J connectivity index is 1.49. The highest BCUT2D eigenvalue weighted by Gasteiger charge is 2.21. The number of aryl methyl sites for hydroxylation is 3. The lowest BCUT2D eigenvalue weighted by atomic mass is 10.1. The number of amides is 3. The number of hydrogen-bond donors (Lipinski definition) is 2. The Bertz CT molecular complexity index is 1620. The lowest BCUT2D eigenvalue weighted by Crippen LogP contribution is -2.35. The molecule has 206 valence electrons. The number of hydrogen-bond acceptors (Lipinski definition) is 4. The van der Waals surface area contributed by atoms with Gasteiger partial charge in [-0.15, -0.1) is 0 Å². The molecule has 0 saturated heterocycles. The molecule has 4 aromatic carbocycles.